The van der Waals surface area contributed by atoms with Gasteiger partial charge in [0.1, 0.15) is 28.9 Å². The number of benzene rings is 2. The highest BCUT2D eigenvalue weighted by molar-refractivity contribution is 7.09. The smallest absolute Gasteiger partial charge is 0.230 e. The summed E-state index contributed by atoms with van der Waals surface area (Å²) in [5, 5.41) is 5.65. The average molecular weight is 446 g/mol. The van der Waals surface area contributed by atoms with Gasteiger partial charge in [-0.15, -0.1) is 11.3 Å². The summed E-state index contributed by atoms with van der Waals surface area (Å²) in [7, 11) is 0. The topological polar surface area (TPSA) is 73.3 Å². The van der Waals surface area contributed by atoms with Gasteiger partial charge in [-0.05, 0) is 61.9 Å². The van der Waals surface area contributed by atoms with Crippen LogP contribution in [-0.4, -0.2) is 15.9 Å². The Morgan fingerprint density at radius 2 is 1.91 bits per heavy atom. The molecule has 0 spiro atoms. The molecular weight excluding hydrogens is 422 g/mol. The quantitative estimate of drug-likeness (QED) is 0.376. The summed E-state index contributed by atoms with van der Waals surface area (Å²) in [5.41, 5.74) is 3.54. The van der Waals surface area contributed by atoms with Gasteiger partial charge < -0.3 is 14.8 Å². The van der Waals surface area contributed by atoms with E-state index in [1.54, 1.807) is 12.4 Å². The number of nitrogens with zero attached hydrogens (tertiary/aromatic N) is 2. The van der Waals surface area contributed by atoms with Crippen LogP contribution in [0.4, 0.5) is 5.69 Å². The molecule has 0 saturated heterocycles. The molecule has 0 fully saturated rings. The van der Waals surface area contributed by atoms with E-state index < -0.39 is 0 Å². The molecule has 2 aromatic carbocycles. The fraction of sp³-hybridized carbons (Fsp3) is 0.160. The van der Waals surface area contributed by atoms with Crippen LogP contribution in [0.2, 0.25) is 0 Å². The molecule has 0 saturated carbocycles. The van der Waals surface area contributed by atoms with Gasteiger partial charge >= 0.3 is 0 Å². The molecule has 4 aromatic rings. The number of thiazole rings is 1. The lowest BCUT2D eigenvalue weighted by Crippen LogP contribution is -2.14. The molecule has 162 valence electrons. The number of amides is 1. The monoisotopic (exact) mass is 445 g/mol. The molecule has 0 aliphatic heterocycles. The molecule has 6 nitrogen and oxygen atoms in total. The van der Waals surface area contributed by atoms with Crippen LogP contribution in [0.3, 0.4) is 0 Å². The van der Waals surface area contributed by atoms with Gasteiger partial charge in [-0.25, -0.2) is 4.98 Å². The number of carbonyl (C=O) groups excluding carboxylic acids is 1. The lowest BCUT2D eigenvalue weighted by molar-refractivity contribution is -0.115. The first kappa shape index (κ1) is 21.5. The molecule has 0 aliphatic rings. The summed E-state index contributed by atoms with van der Waals surface area (Å²) in [6, 6.07) is 17.1. The SMILES string of the molecule is Cc1ccc(OCc2nc(CC(=O)Nc3ccc(Oc4cccnc4)c(C)c3)cs2)cc1. The van der Waals surface area contributed by atoms with E-state index in [4.69, 9.17) is 9.47 Å². The minimum absolute atomic E-state index is 0.123. The van der Waals surface area contributed by atoms with Crippen LogP contribution in [-0.2, 0) is 17.8 Å². The Labute approximate surface area is 190 Å². The number of rotatable bonds is 8. The third kappa shape index (κ3) is 5.92. The van der Waals surface area contributed by atoms with Crippen LogP contribution < -0.4 is 14.8 Å². The predicted octanol–water partition coefficient (Wildman–Crippen LogP) is 5.71. The van der Waals surface area contributed by atoms with Crippen molar-refractivity contribution in [3.05, 3.63) is 94.2 Å². The van der Waals surface area contributed by atoms with E-state index in [2.05, 4.69) is 15.3 Å². The van der Waals surface area contributed by atoms with Crippen LogP contribution >= 0.6 is 11.3 Å². The Morgan fingerprint density at radius 1 is 1.06 bits per heavy atom. The molecule has 0 aliphatic carbocycles. The normalized spacial score (nSPS) is 10.6. The largest absolute Gasteiger partial charge is 0.486 e. The first-order chi connectivity index (χ1) is 15.5. The van der Waals surface area contributed by atoms with Crippen molar-refractivity contribution in [1.82, 2.24) is 9.97 Å². The number of aryl methyl sites for hydroxylation is 2. The number of pyridine rings is 1. The molecule has 2 heterocycles. The highest BCUT2D eigenvalue weighted by atomic mass is 32.1. The zero-order valence-corrected chi connectivity index (χ0v) is 18.7. The second-order valence-electron chi connectivity index (χ2n) is 7.33. The van der Waals surface area contributed by atoms with E-state index in [1.807, 2.05) is 73.8 Å². The highest BCUT2D eigenvalue weighted by Crippen LogP contribution is 2.27. The van der Waals surface area contributed by atoms with E-state index in [1.165, 1.54) is 16.9 Å². The number of hydrogen-bond donors (Lipinski definition) is 1. The third-order valence-electron chi connectivity index (χ3n) is 4.65. The summed E-state index contributed by atoms with van der Waals surface area (Å²) in [6.45, 7) is 4.35. The van der Waals surface area contributed by atoms with Crippen molar-refractivity contribution in [2.24, 2.45) is 0 Å². The van der Waals surface area contributed by atoms with Gasteiger partial charge in [0, 0.05) is 17.3 Å². The van der Waals surface area contributed by atoms with Gasteiger partial charge in [-0.3, -0.25) is 9.78 Å². The molecule has 4 rings (SSSR count). The van der Waals surface area contributed by atoms with Crippen molar-refractivity contribution in [3.63, 3.8) is 0 Å². The summed E-state index contributed by atoms with van der Waals surface area (Å²) in [4.78, 5) is 21.0. The fourth-order valence-electron chi connectivity index (χ4n) is 3.02. The van der Waals surface area contributed by atoms with Crippen molar-refractivity contribution < 1.29 is 14.3 Å². The molecule has 0 atom stereocenters. The van der Waals surface area contributed by atoms with Crippen molar-refractivity contribution in [3.8, 4) is 17.2 Å². The van der Waals surface area contributed by atoms with Crippen LogP contribution in [0.1, 0.15) is 21.8 Å². The van der Waals surface area contributed by atoms with Crippen LogP contribution in [0, 0.1) is 13.8 Å². The summed E-state index contributed by atoms with van der Waals surface area (Å²) in [6.07, 6.45) is 3.55. The average Bonchev–Trinajstić information content (AvgIpc) is 3.23. The molecule has 1 N–H and O–H groups in total. The molecule has 0 radical (unpaired) electrons. The standard InChI is InChI=1S/C25H23N3O3S/c1-17-5-8-21(9-6-17)30-15-25-28-20(16-32-25)13-24(29)27-19-7-10-23(18(2)12-19)31-22-4-3-11-26-14-22/h3-12,14,16H,13,15H2,1-2H3,(H,27,29). The molecule has 7 heteroatoms. The first-order valence-electron chi connectivity index (χ1n) is 10.2. The third-order valence-corrected chi connectivity index (χ3v) is 5.52. The molecule has 0 unspecified atom stereocenters. The number of aromatic nitrogens is 2. The lowest BCUT2D eigenvalue weighted by atomic mass is 10.2. The van der Waals surface area contributed by atoms with E-state index in [0.29, 0.717) is 23.8 Å². The van der Waals surface area contributed by atoms with E-state index in [0.717, 1.165) is 22.0 Å². The van der Waals surface area contributed by atoms with E-state index in [-0.39, 0.29) is 12.3 Å². The van der Waals surface area contributed by atoms with Crippen molar-refractivity contribution in [2.45, 2.75) is 26.9 Å². The summed E-state index contributed by atoms with van der Waals surface area (Å²) < 4.78 is 11.6. The number of ether oxygens (including phenoxy) is 2. The fourth-order valence-corrected chi connectivity index (χ4v) is 3.73. The number of nitrogens with one attached hydrogen (secondary N) is 1. The van der Waals surface area contributed by atoms with Crippen LogP contribution in [0.25, 0.3) is 0 Å². The predicted molar refractivity (Wildman–Crippen MR) is 125 cm³/mol. The zero-order chi connectivity index (χ0) is 22.3. The zero-order valence-electron chi connectivity index (χ0n) is 17.9. The Bertz CT molecular complexity index is 1190. The van der Waals surface area contributed by atoms with Crippen molar-refractivity contribution in [2.75, 3.05) is 5.32 Å². The second-order valence-corrected chi connectivity index (χ2v) is 8.27. The maximum atomic E-state index is 12.5. The Hall–Kier alpha value is -3.71. The van der Waals surface area contributed by atoms with Gasteiger partial charge in [0.15, 0.2) is 0 Å². The van der Waals surface area contributed by atoms with Gasteiger partial charge in [-0.1, -0.05) is 17.7 Å². The first-order valence-corrected chi connectivity index (χ1v) is 11.0. The lowest BCUT2D eigenvalue weighted by Gasteiger charge is -2.11. The van der Waals surface area contributed by atoms with Crippen molar-refractivity contribution in [1.29, 1.82) is 0 Å². The van der Waals surface area contributed by atoms with Gasteiger partial charge in [0.2, 0.25) is 5.91 Å². The molecular formula is C25H23N3O3S. The maximum Gasteiger partial charge on any atom is 0.230 e. The van der Waals surface area contributed by atoms with Gasteiger partial charge in [-0.2, -0.15) is 0 Å². The molecule has 1 amide bonds. The van der Waals surface area contributed by atoms with E-state index >= 15 is 0 Å². The second kappa shape index (κ2) is 10.1. The molecule has 0 bridgehead atoms. The summed E-state index contributed by atoms with van der Waals surface area (Å²) >= 11 is 1.49. The number of hydrogen-bond acceptors (Lipinski definition) is 6. The minimum atomic E-state index is -0.123. The number of carbonyl (C=O) groups is 1. The van der Waals surface area contributed by atoms with Crippen molar-refractivity contribution >= 4 is 22.9 Å². The minimum Gasteiger partial charge on any atom is -0.486 e. The Morgan fingerprint density at radius 3 is 2.66 bits per heavy atom. The molecule has 2 aromatic heterocycles. The van der Waals surface area contributed by atoms with Crippen LogP contribution in [0.15, 0.2) is 72.4 Å². The van der Waals surface area contributed by atoms with Gasteiger partial charge in [0.05, 0.1) is 18.3 Å². The maximum absolute atomic E-state index is 12.5. The Balaban J connectivity index is 1.30. The molecule has 32 heavy (non-hydrogen) atoms. The van der Waals surface area contributed by atoms with Crippen LogP contribution in [0.5, 0.6) is 17.2 Å². The van der Waals surface area contributed by atoms with E-state index in [9.17, 15) is 4.79 Å². The highest BCUT2D eigenvalue weighted by Gasteiger charge is 2.10. The number of anilines is 1. The summed E-state index contributed by atoms with van der Waals surface area (Å²) in [5.74, 6) is 2.06. The Kier molecular flexibility index (Phi) is 6.77. The van der Waals surface area contributed by atoms with Gasteiger partial charge in [0.25, 0.3) is 0 Å².